The average molecular weight is 448 g/mol. The fourth-order valence-corrected chi connectivity index (χ4v) is 5.35. The van der Waals surface area contributed by atoms with Crippen LogP contribution in [0.5, 0.6) is 0 Å². The second kappa shape index (κ2) is 8.18. The third-order valence-electron chi connectivity index (χ3n) is 5.68. The number of sulfonamides is 1. The summed E-state index contributed by atoms with van der Waals surface area (Å²) in [5.41, 5.74) is 1.37. The number of fused-ring (bicyclic) bond motifs is 1. The van der Waals surface area contributed by atoms with E-state index in [2.05, 4.69) is 10.1 Å². The Morgan fingerprint density at radius 2 is 1.56 bits per heavy atom. The zero-order valence-electron chi connectivity index (χ0n) is 17.2. The Hall–Kier alpha value is -3.56. The second-order valence-corrected chi connectivity index (χ2v) is 9.53. The summed E-state index contributed by atoms with van der Waals surface area (Å²) in [6.45, 7) is 1.21. The summed E-state index contributed by atoms with van der Waals surface area (Å²) < 4.78 is 29.3. The molecule has 162 valence electrons. The molecule has 1 aliphatic rings. The number of rotatable bonds is 4. The van der Waals surface area contributed by atoms with Gasteiger partial charge >= 0.3 is 0 Å². The maximum absolute atomic E-state index is 13.1. The first-order valence-corrected chi connectivity index (χ1v) is 11.7. The molecule has 1 aromatic heterocycles. The first kappa shape index (κ1) is 20.3. The Bertz CT molecular complexity index is 1360. The van der Waals surface area contributed by atoms with Crippen molar-refractivity contribution in [3.8, 4) is 5.69 Å². The lowest BCUT2D eigenvalue weighted by Gasteiger charge is -2.34. The summed E-state index contributed by atoms with van der Waals surface area (Å²) in [7, 11) is -3.62. The van der Waals surface area contributed by atoms with Crippen molar-refractivity contribution in [2.45, 2.75) is 4.90 Å². The normalized spacial score (nSPS) is 15.2. The van der Waals surface area contributed by atoms with Gasteiger partial charge in [-0.1, -0.05) is 30.3 Å². The highest BCUT2D eigenvalue weighted by atomic mass is 32.2. The highest BCUT2D eigenvalue weighted by molar-refractivity contribution is 7.89. The van der Waals surface area contributed by atoms with E-state index in [1.54, 1.807) is 40.2 Å². The van der Waals surface area contributed by atoms with Crippen molar-refractivity contribution in [2.75, 3.05) is 26.2 Å². The minimum Gasteiger partial charge on any atom is -0.336 e. The lowest BCUT2D eigenvalue weighted by atomic mass is 10.1. The van der Waals surface area contributed by atoms with Crippen molar-refractivity contribution in [1.29, 1.82) is 0 Å². The van der Waals surface area contributed by atoms with E-state index in [1.807, 2.05) is 42.5 Å². The van der Waals surface area contributed by atoms with Crippen molar-refractivity contribution >= 4 is 26.7 Å². The zero-order chi connectivity index (χ0) is 22.1. The number of benzene rings is 3. The van der Waals surface area contributed by atoms with E-state index in [1.165, 1.54) is 10.6 Å². The molecule has 0 unspecified atom stereocenters. The van der Waals surface area contributed by atoms with E-state index in [-0.39, 0.29) is 23.9 Å². The third-order valence-corrected chi connectivity index (χ3v) is 7.58. The molecule has 1 aliphatic heterocycles. The summed E-state index contributed by atoms with van der Waals surface area (Å²) in [6, 6.07) is 20.0. The average Bonchev–Trinajstić information content (AvgIpc) is 3.38. The maximum Gasteiger partial charge on any atom is 0.253 e. The molecule has 8 nitrogen and oxygen atoms in total. The summed E-state index contributed by atoms with van der Waals surface area (Å²) in [6.07, 6.45) is 3.04. The number of carbonyl (C=O) groups excluding carboxylic acids is 1. The van der Waals surface area contributed by atoms with E-state index < -0.39 is 10.0 Å². The van der Waals surface area contributed by atoms with E-state index >= 15 is 0 Å². The number of hydrogen-bond acceptors (Lipinski definition) is 5. The van der Waals surface area contributed by atoms with Gasteiger partial charge < -0.3 is 4.90 Å². The third kappa shape index (κ3) is 3.76. The van der Waals surface area contributed by atoms with Gasteiger partial charge in [-0.25, -0.2) is 18.1 Å². The fraction of sp³-hybridized carbons (Fsp3) is 0.174. The zero-order valence-corrected chi connectivity index (χ0v) is 18.0. The topological polar surface area (TPSA) is 88.4 Å². The number of aromatic nitrogens is 3. The first-order valence-electron chi connectivity index (χ1n) is 10.3. The molecular weight excluding hydrogens is 426 g/mol. The van der Waals surface area contributed by atoms with Crippen molar-refractivity contribution in [3.05, 3.63) is 84.9 Å². The summed E-state index contributed by atoms with van der Waals surface area (Å²) >= 11 is 0. The minimum absolute atomic E-state index is 0.113. The molecule has 5 rings (SSSR count). The standard InChI is InChI=1S/C23H21N5O3S/c29-23(19-5-8-21(9-6-19)28-17-24-16-25-28)26-11-13-27(14-12-26)32(30,31)22-10-7-18-3-1-2-4-20(18)15-22/h1-10,15-17H,11-14H2. The number of nitrogens with zero attached hydrogens (tertiary/aromatic N) is 5. The lowest BCUT2D eigenvalue weighted by Crippen LogP contribution is -2.50. The highest BCUT2D eigenvalue weighted by Crippen LogP contribution is 2.23. The van der Waals surface area contributed by atoms with Crippen LogP contribution >= 0.6 is 0 Å². The maximum atomic E-state index is 13.1. The molecule has 9 heteroatoms. The van der Waals surface area contributed by atoms with Crippen LogP contribution in [0.4, 0.5) is 0 Å². The Balaban J connectivity index is 1.27. The largest absolute Gasteiger partial charge is 0.336 e. The predicted molar refractivity (Wildman–Crippen MR) is 120 cm³/mol. The van der Waals surface area contributed by atoms with Crippen LogP contribution in [0.2, 0.25) is 0 Å². The van der Waals surface area contributed by atoms with Crippen LogP contribution in [0.1, 0.15) is 10.4 Å². The first-order chi connectivity index (χ1) is 15.5. The Kier molecular flexibility index (Phi) is 5.20. The molecular formula is C23H21N5O3S. The quantitative estimate of drug-likeness (QED) is 0.480. The molecule has 4 aromatic rings. The van der Waals surface area contributed by atoms with Gasteiger partial charge in [0.2, 0.25) is 10.0 Å². The van der Waals surface area contributed by atoms with Gasteiger partial charge in [0, 0.05) is 31.7 Å². The highest BCUT2D eigenvalue weighted by Gasteiger charge is 2.30. The van der Waals surface area contributed by atoms with Crippen LogP contribution in [0.3, 0.4) is 0 Å². The molecule has 0 atom stereocenters. The monoisotopic (exact) mass is 447 g/mol. The summed E-state index contributed by atoms with van der Waals surface area (Å²) in [5, 5.41) is 5.95. The molecule has 0 spiro atoms. The second-order valence-electron chi connectivity index (χ2n) is 7.59. The number of amides is 1. The van der Waals surface area contributed by atoms with Crippen molar-refractivity contribution in [3.63, 3.8) is 0 Å². The van der Waals surface area contributed by atoms with Crippen LogP contribution in [0, 0.1) is 0 Å². The van der Waals surface area contributed by atoms with Crippen molar-refractivity contribution < 1.29 is 13.2 Å². The van der Waals surface area contributed by atoms with Gasteiger partial charge in [-0.05, 0) is 47.2 Å². The molecule has 1 amide bonds. The smallest absolute Gasteiger partial charge is 0.253 e. The van der Waals surface area contributed by atoms with Crippen LogP contribution < -0.4 is 0 Å². The van der Waals surface area contributed by atoms with Gasteiger partial charge in [-0.2, -0.15) is 9.40 Å². The van der Waals surface area contributed by atoms with E-state index in [0.717, 1.165) is 16.5 Å². The fourth-order valence-electron chi connectivity index (χ4n) is 3.89. The van der Waals surface area contributed by atoms with Crippen LogP contribution in [-0.4, -0.2) is 64.5 Å². The van der Waals surface area contributed by atoms with Gasteiger partial charge in [0.25, 0.3) is 5.91 Å². The molecule has 32 heavy (non-hydrogen) atoms. The molecule has 0 aliphatic carbocycles. The lowest BCUT2D eigenvalue weighted by molar-refractivity contribution is 0.0698. The van der Waals surface area contributed by atoms with Gasteiger partial charge in [0.05, 0.1) is 10.6 Å². The van der Waals surface area contributed by atoms with Gasteiger partial charge in [0.15, 0.2) is 0 Å². The SMILES string of the molecule is O=C(c1ccc(-n2cncn2)cc1)N1CCN(S(=O)(=O)c2ccc3ccccc3c2)CC1. The number of hydrogen-bond donors (Lipinski definition) is 0. The summed E-state index contributed by atoms with van der Waals surface area (Å²) in [5.74, 6) is -0.113. The van der Waals surface area contributed by atoms with E-state index in [0.29, 0.717) is 18.7 Å². The van der Waals surface area contributed by atoms with E-state index in [4.69, 9.17) is 0 Å². The van der Waals surface area contributed by atoms with Crippen LogP contribution in [-0.2, 0) is 10.0 Å². The van der Waals surface area contributed by atoms with Crippen LogP contribution in [0.25, 0.3) is 16.5 Å². The number of piperazine rings is 1. The van der Waals surface area contributed by atoms with Gasteiger partial charge in [-0.15, -0.1) is 0 Å². The molecule has 0 bridgehead atoms. The Morgan fingerprint density at radius 1 is 0.844 bits per heavy atom. The molecule has 0 saturated carbocycles. The molecule has 0 N–H and O–H groups in total. The Labute approximate surface area is 185 Å². The molecule has 3 aromatic carbocycles. The van der Waals surface area contributed by atoms with Gasteiger partial charge in [0.1, 0.15) is 12.7 Å². The Morgan fingerprint density at radius 3 is 2.25 bits per heavy atom. The molecule has 1 fully saturated rings. The summed E-state index contributed by atoms with van der Waals surface area (Å²) in [4.78, 5) is 18.8. The molecule has 0 radical (unpaired) electrons. The van der Waals surface area contributed by atoms with Crippen molar-refractivity contribution in [1.82, 2.24) is 24.0 Å². The van der Waals surface area contributed by atoms with Crippen LogP contribution in [0.15, 0.2) is 84.3 Å². The number of carbonyl (C=O) groups is 1. The van der Waals surface area contributed by atoms with Crippen molar-refractivity contribution in [2.24, 2.45) is 0 Å². The predicted octanol–water partition coefficient (Wildman–Crippen LogP) is 2.57. The minimum atomic E-state index is -3.62. The van der Waals surface area contributed by atoms with Gasteiger partial charge in [-0.3, -0.25) is 4.79 Å². The van der Waals surface area contributed by atoms with E-state index in [9.17, 15) is 13.2 Å². The molecule has 1 saturated heterocycles. The molecule has 2 heterocycles.